The molecular formula is C24H23Cl3FNO2. The Morgan fingerprint density at radius 2 is 1.65 bits per heavy atom. The monoisotopic (exact) mass is 481 g/mol. The predicted octanol–water partition coefficient (Wildman–Crippen LogP) is 7.10. The SMILES string of the molecule is CCOc1cc(CNCCc2ccc(Cl)cc2Cl)cc(Cl)c1OCc1ccc(F)cc1. The van der Waals surface area contributed by atoms with Gasteiger partial charge in [-0.2, -0.15) is 0 Å². The quantitative estimate of drug-likeness (QED) is 0.313. The Labute approximate surface area is 197 Å². The van der Waals surface area contributed by atoms with E-state index in [0.29, 0.717) is 39.7 Å². The molecule has 0 saturated carbocycles. The van der Waals surface area contributed by atoms with Crippen LogP contribution in [-0.4, -0.2) is 13.2 Å². The fourth-order valence-electron chi connectivity index (χ4n) is 3.04. The van der Waals surface area contributed by atoms with Crippen molar-refractivity contribution in [1.82, 2.24) is 5.32 Å². The van der Waals surface area contributed by atoms with Gasteiger partial charge in [0.1, 0.15) is 12.4 Å². The average molecular weight is 483 g/mol. The largest absolute Gasteiger partial charge is 0.490 e. The highest BCUT2D eigenvalue weighted by atomic mass is 35.5. The summed E-state index contributed by atoms with van der Waals surface area (Å²) < 4.78 is 24.7. The van der Waals surface area contributed by atoms with Crippen LogP contribution in [0, 0.1) is 5.82 Å². The number of halogens is 4. The number of hydrogen-bond donors (Lipinski definition) is 1. The summed E-state index contributed by atoms with van der Waals surface area (Å²) in [6.07, 6.45) is 0.779. The van der Waals surface area contributed by atoms with E-state index in [4.69, 9.17) is 44.3 Å². The molecule has 0 aromatic heterocycles. The zero-order valence-corrected chi connectivity index (χ0v) is 19.3. The van der Waals surface area contributed by atoms with Crippen molar-refractivity contribution in [3.05, 3.63) is 92.2 Å². The van der Waals surface area contributed by atoms with E-state index in [2.05, 4.69) is 5.32 Å². The molecule has 164 valence electrons. The molecule has 1 N–H and O–H groups in total. The summed E-state index contributed by atoms with van der Waals surface area (Å²) >= 11 is 18.6. The topological polar surface area (TPSA) is 30.5 Å². The third kappa shape index (κ3) is 7.01. The van der Waals surface area contributed by atoms with E-state index in [1.807, 2.05) is 31.2 Å². The molecule has 0 atom stereocenters. The van der Waals surface area contributed by atoms with E-state index in [1.165, 1.54) is 12.1 Å². The van der Waals surface area contributed by atoms with E-state index in [9.17, 15) is 4.39 Å². The number of nitrogens with one attached hydrogen (secondary N) is 1. The summed E-state index contributed by atoms with van der Waals surface area (Å²) in [6.45, 7) is 4.00. The second-order valence-electron chi connectivity index (χ2n) is 6.92. The molecule has 0 unspecified atom stereocenters. The number of benzene rings is 3. The van der Waals surface area contributed by atoms with Gasteiger partial charge in [0.2, 0.25) is 0 Å². The van der Waals surface area contributed by atoms with Gasteiger partial charge in [-0.25, -0.2) is 4.39 Å². The van der Waals surface area contributed by atoms with Gasteiger partial charge in [0, 0.05) is 16.6 Å². The number of ether oxygens (including phenoxy) is 2. The summed E-state index contributed by atoms with van der Waals surface area (Å²) in [5, 5.41) is 5.14. The average Bonchev–Trinajstić information content (AvgIpc) is 2.73. The third-order valence-corrected chi connectivity index (χ3v) is 5.45. The standard InChI is InChI=1S/C24H23Cl3FNO2/c1-2-30-23-12-17(14-29-10-9-18-5-6-19(25)13-21(18)26)11-22(27)24(23)31-15-16-3-7-20(28)8-4-16/h3-8,11-13,29H,2,9-10,14-15H2,1H3. The first-order chi connectivity index (χ1) is 15.0. The van der Waals surface area contributed by atoms with Crippen molar-refractivity contribution in [1.29, 1.82) is 0 Å². The minimum absolute atomic E-state index is 0.263. The lowest BCUT2D eigenvalue weighted by Crippen LogP contribution is -2.17. The van der Waals surface area contributed by atoms with E-state index >= 15 is 0 Å². The van der Waals surface area contributed by atoms with Gasteiger partial charge in [0.15, 0.2) is 11.5 Å². The summed E-state index contributed by atoms with van der Waals surface area (Å²) in [4.78, 5) is 0. The van der Waals surface area contributed by atoms with E-state index in [0.717, 1.165) is 29.7 Å². The van der Waals surface area contributed by atoms with Crippen LogP contribution in [0.15, 0.2) is 54.6 Å². The minimum Gasteiger partial charge on any atom is -0.490 e. The second kappa shape index (κ2) is 11.6. The van der Waals surface area contributed by atoms with Crippen molar-refractivity contribution in [2.24, 2.45) is 0 Å². The van der Waals surface area contributed by atoms with Gasteiger partial charge >= 0.3 is 0 Å². The Balaban J connectivity index is 1.61. The first-order valence-corrected chi connectivity index (χ1v) is 11.1. The first kappa shape index (κ1) is 23.7. The summed E-state index contributed by atoms with van der Waals surface area (Å²) in [5.74, 6) is 0.770. The molecule has 3 aromatic carbocycles. The van der Waals surface area contributed by atoms with Gasteiger partial charge in [-0.05, 0) is 73.0 Å². The van der Waals surface area contributed by atoms with Crippen molar-refractivity contribution in [2.45, 2.75) is 26.5 Å². The Morgan fingerprint density at radius 1 is 0.871 bits per heavy atom. The molecule has 0 aliphatic heterocycles. The van der Waals surface area contributed by atoms with Crippen LogP contribution in [0.4, 0.5) is 4.39 Å². The van der Waals surface area contributed by atoms with E-state index in [-0.39, 0.29) is 12.4 Å². The zero-order valence-electron chi connectivity index (χ0n) is 17.1. The molecule has 3 rings (SSSR count). The van der Waals surface area contributed by atoms with Crippen LogP contribution in [0.3, 0.4) is 0 Å². The summed E-state index contributed by atoms with van der Waals surface area (Å²) in [7, 11) is 0. The maximum absolute atomic E-state index is 13.1. The maximum atomic E-state index is 13.1. The Morgan fingerprint density at radius 3 is 2.35 bits per heavy atom. The van der Waals surface area contributed by atoms with Gasteiger partial charge in [0.05, 0.1) is 11.6 Å². The van der Waals surface area contributed by atoms with E-state index < -0.39 is 0 Å². The van der Waals surface area contributed by atoms with Gasteiger partial charge < -0.3 is 14.8 Å². The molecule has 3 aromatic rings. The maximum Gasteiger partial charge on any atom is 0.180 e. The predicted molar refractivity (Wildman–Crippen MR) is 125 cm³/mol. The number of hydrogen-bond acceptors (Lipinski definition) is 3. The summed E-state index contributed by atoms with van der Waals surface area (Å²) in [5.41, 5.74) is 2.85. The van der Waals surface area contributed by atoms with Crippen LogP contribution in [0.2, 0.25) is 15.1 Å². The smallest absolute Gasteiger partial charge is 0.180 e. The second-order valence-corrected chi connectivity index (χ2v) is 8.17. The highest BCUT2D eigenvalue weighted by molar-refractivity contribution is 6.35. The van der Waals surface area contributed by atoms with Crippen molar-refractivity contribution in [3.8, 4) is 11.5 Å². The van der Waals surface area contributed by atoms with Crippen LogP contribution in [0.1, 0.15) is 23.6 Å². The summed E-state index contributed by atoms with van der Waals surface area (Å²) in [6, 6.07) is 15.4. The molecule has 0 saturated heterocycles. The molecule has 3 nitrogen and oxygen atoms in total. The Kier molecular flexibility index (Phi) is 8.85. The minimum atomic E-state index is -0.285. The van der Waals surface area contributed by atoms with Crippen LogP contribution in [0.5, 0.6) is 11.5 Å². The van der Waals surface area contributed by atoms with Gasteiger partial charge in [0.25, 0.3) is 0 Å². The van der Waals surface area contributed by atoms with Gasteiger partial charge in [-0.15, -0.1) is 0 Å². The molecule has 0 spiro atoms. The van der Waals surface area contributed by atoms with Crippen molar-refractivity contribution in [3.63, 3.8) is 0 Å². The molecule has 0 aliphatic rings. The number of rotatable bonds is 10. The fourth-order valence-corrected chi connectivity index (χ4v) is 3.83. The molecule has 7 heteroatoms. The van der Waals surface area contributed by atoms with Crippen LogP contribution < -0.4 is 14.8 Å². The zero-order chi connectivity index (χ0) is 22.2. The highest BCUT2D eigenvalue weighted by Gasteiger charge is 2.13. The van der Waals surface area contributed by atoms with E-state index in [1.54, 1.807) is 18.2 Å². The van der Waals surface area contributed by atoms with Crippen LogP contribution in [-0.2, 0) is 19.6 Å². The van der Waals surface area contributed by atoms with Crippen molar-refractivity contribution >= 4 is 34.8 Å². The molecule has 31 heavy (non-hydrogen) atoms. The molecule has 0 heterocycles. The molecule has 0 fully saturated rings. The van der Waals surface area contributed by atoms with Gasteiger partial charge in [-0.1, -0.05) is 53.0 Å². The molecule has 0 aliphatic carbocycles. The third-order valence-electron chi connectivity index (χ3n) is 4.58. The molecular weight excluding hydrogens is 460 g/mol. The lowest BCUT2D eigenvalue weighted by Gasteiger charge is -2.16. The van der Waals surface area contributed by atoms with Crippen LogP contribution >= 0.6 is 34.8 Å². The molecule has 0 radical (unpaired) electrons. The molecule has 0 amide bonds. The van der Waals surface area contributed by atoms with Crippen molar-refractivity contribution < 1.29 is 13.9 Å². The normalized spacial score (nSPS) is 10.9. The fraction of sp³-hybridized carbons (Fsp3) is 0.250. The van der Waals surface area contributed by atoms with Crippen molar-refractivity contribution in [2.75, 3.05) is 13.2 Å². The Bertz CT molecular complexity index is 1010. The lowest BCUT2D eigenvalue weighted by molar-refractivity contribution is 0.269. The first-order valence-electron chi connectivity index (χ1n) is 9.93. The van der Waals surface area contributed by atoms with Gasteiger partial charge in [-0.3, -0.25) is 0 Å². The molecule has 0 bridgehead atoms. The lowest BCUT2D eigenvalue weighted by atomic mass is 10.1. The Hall–Kier alpha value is -1.98. The van der Waals surface area contributed by atoms with Crippen LogP contribution in [0.25, 0.3) is 0 Å². The highest BCUT2D eigenvalue weighted by Crippen LogP contribution is 2.37.